The average Bonchev–Trinajstić information content (AvgIpc) is 2.97. The molecule has 5 nitrogen and oxygen atoms in total. The lowest BCUT2D eigenvalue weighted by Crippen LogP contribution is -1.96. The van der Waals surface area contributed by atoms with Gasteiger partial charge in [0.05, 0.1) is 10.9 Å². The van der Waals surface area contributed by atoms with E-state index in [-0.39, 0.29) is 5.75 Å². The smallest absolute Gasteiger partial charge is 0.220 e. The van der Waals surface area contributed by atoms with Crippen molar-refractivity contribution in [2.45, 2.75) is 0 Å². The van der Waals surface area contributed by atoms with Gasteiger partial charge in [-0.3, -0.25) is 8.80 Å². The fourth-order valence-electron chi connectivity index (χ4n) is 2.27. The van der Waals surface area contributed by atoms with Gasteiger partial charge in [-0.25, -0.2) is 9.97 Å². The fourth-order valence-corrected chi connectivity index (χ4v) is 2.27. The van der Waals surface area contributed by atoms with Crippen molar-refractivity contribution in [2.75, 3.05) is 0 Å². The van der Waals surface area contributed by atoms with E-state index in [1.54, 1.807) is 18.5 Å². The van der Waals surface area contributed by atoms with Crippen LogP contribution in [-0.4, -0.2) is 23.9 Å². The first-order valence-electron chi connectivity index (χ1n) is 5.26. The van der Waals surface area contributed by atoms with Crippen LogP contribution in [0, 0.1) is 0 Å². The molecule has 0 saturated heterocycles. The van der Waals surface area contributed by atoms with E-state index in [1.165, 1.54) is 0 Å². The summed E-state index contributed by atoms with van der Waals surface area (Å²) in [5.41, 5.74) is 1.62. The molecule has 3 aromatic heterocycles. The number of benzene rings is 1. The molecule has 0 aliphatic heterocycles. The van der Waals surface area contributed by atoms with Gasteiger partial charge in [0, 0.05) is 24.8 Å². The van der Waals surface area contributed by atoms with Gasteiger partial charge in [0.2, 0.25) is 5.78 Å². The summed E-state index contributed by atoms with van der Waals surface area (Å²) in [7, 11) is 0. The highest BCUT2D eigenvalue weighted by molar-refractivity contribution is 5.98. The highest BCUT2D eigenvalue weighted by Gasteiger charge is 2.12. The molecule has 17 heavy (non-hydrogen) atoms. The number of aromatic hydroxyl groups is 1. The van der Waals surface area contributed by atoms with Crippen molar-refractivity contribution < 1.29 is 5.11 Å². The van der Waals surface area contributed by atoms with Gasteiger partial charge >= 0.3 is 0 Å². The Morgan fingerprint density at radius 3 is 2.76 bits per heavy atom. The van der Waals surface area contributed by atoms with Gasteiger partial charge in [-0.2, -0.15) is 0 Å². The molecule has 3 heterocycles. The summed E-state index contributed by atoms with van der Waals surface area (Å²) in [4.78, 5) is 8.59. The number of phenolic OH excluding ortho intramolecular Hbond substituents is 1. The molecule has 0 atom stereocenters. The van der Waals surface area contributed by atoms with Crippen LogP contribution in [-0.2, 0) is 0 Å². The van der Waals surface area contributed by atoms with Crippen LogP contribution >= 0.6 is 0 Å². The van der Waals surface area contributed by atoms with Crippen molar-refractivity contribution in [3.05, 3.63) is 43.0 Å². The molecule has 0 bridgehead atoms. The number of aromatic nitrogens is 4. The summed E-state index contributed by atoms with van der Waals surface area (Å²) in [6.07, 6.45) is 7.15. The van der Waals surface area contributed by atoms with Gasteiger partial charge in [-0.15, -0.1) is 0 Å². The lowest BCUT2D eigenvalue weighted by molar-refractivity contribution is 0.481. The number of fused-ring (bicyclic) bond motifs is 6. The third-order valence-corrected chi connectivity index (χ3v) is 2.98. The number of rotatable bonds is 0. The van der Waals surface area contributed by atoms with E-state index < -0.39 is 0 Å². The van der Waals surface area contributed by atoms with Crippen LogP contribution in [0.15, 0.2) is 43.0 Å². The van der Waals surface area contributed by atoms with E-state index in [9.17, 15) is 5.11 Å². The molecule has 1 aromatic carbocycles. The third kappa shape index (κ3) is 0.932. The van der Waals surface area contributed by atoms with Gasteiger partial charge in [0.25, 0.3) is 0 Å². The molecule has 0 unspecified atom stereocenters. The van der Waals surface area contributed by atoms with Crippen molar-refractivity contribution in [3.8, 4) is 5.75 Å². The summed E-state index contributed by atoms with van der Waals surface area (Å²) in [5.74, 6) is 1.02. The Morgan fingerprint density at radius 1 is 1.00 bits per heavy atom. The fraction of sp³-hybridized carbons (Fsp3) is 0. The van der Waals surface area contributed by atoms with E-state index in [0.29, 0.717) is 0 Å². The summed E-state index contributed by atoms with van der Waals surface area (Å²) in [5, 5.41) is 10.7. The first-order chi connectivity index (χ1) is 8.36. The molecule has 5 heteroatoms. The first kappa shape index (κ1) is 8.58. The topological polar surface area (TPSA) is 54.8 Å². The zero-order chi connectivity index (χ0) is 11.4. The number of phenols is 1. The second-order valence-corrected chi connectivity index (χ2v) is 3.89. The Hall–Kier alpha value is -2.56. The first-order valence-corrected chi connectivity index (χ1v) is 5.26. The van der Waals surface area contributed by atoms with E-state index >= 15 is 0 Å². The highest BCUT2D eigenvalue weighted by atomic mass is 16.3. The molecule has 0 aliphatic carbocycles. The molecule has 1 N–H and O–H groups in total. The molecule has 0 fully saturated rings. The third-order valence-electron chi connectivity index (χ3n) is 2.98. The minimum Gasteiger partial charge on any atom is -0.507 e. The summed E-state index contributed by atoms with van der Waals surface area (Å²) >= 11 is 0. The van der Waals surface area contributed by atoms with E-state index in [2.05, 4.69) is 9.97 Å². The van der Waals surface area contributed by atoms with Crippen LogP contribution < -0.4 is 0 Å². The van der Waals surface area contributed by atoms with Crippen molar-refractivity contribution in [1.82, 2.24) is 18.8 Å². The van der Waals surface area contributed by atoms with Crippen LogP contribution in [0.1, 0.15) is 0 Å². The minimum atomic E-state index is 0.231. The lowest BCUT2D eigenvalue weighted by atomic mass is 10.2. The van der Waals surface area contributed by atoms with Crippen LogP contribution in [0.3, 0.4) is 0 Å². The normalized spacial score (nSPS) is 11.8. The maximum Gasteiger partial charge on any atom is 0.220 e. The second kappa shape index (κ2) is 2.76. The van der Waals surface area contributed by atoms with Crippen LogP contribution in [0.2, 0.25) is 0 Å². The van der Waals surface area contributed by atoms with Crippen molar-refractivity contribution in [3.63, 3.8) is 0 Å². The zero-order valence-corrected chi connectivity index (χ0v) is 8.78. The SMILES string of the molecule is Oc1cccc2c1c1nccn1c1nccn21. The van der Waals surface area contributed by atoms with E-state index in [0.717, 1.165) is 22.3 Å². The van der Waals surface area contributed by atoms with Gasteiger partial charge < -0.3 is 5.11 Å². The maximum absolute atomic E-state index is 10.00. The zero-order valence-electron chi connectivity index (χ0n) is 8.78. The van der Waals surface area contributed by atoms with Crippen molar-refractivity contribution in [2.24, 2.45) is 0 Å². The predicted molar refractivity (Wildman–Crippen MR) is 63.1 cm³/mol. The van der Waals surface area contributed by atoms with Crippen LogP contribution in [0.25, 0.3) is 22.3 Å². The standard InChI is InChI=1S/C12H8N4O/c17-9-3-1-2-8-10(9)11-13-4-7-16(11)12-14-5-6-15(8)12/h1-7,17H. The van der Waals surface area contributed by atoms with Gasteiger partial charge in [-0.1, -0.05) is 6.07 Å². The van der Waals surface area contributed by atoms with Crippen molar-refractivity contribution >= 4 is 22.3 Å². The molecular formula is C12H8N4O. The Labute approximate surface area is 95.6 Å². The average molecular weight is 224 g/mol. The van der Waals surface area contributed by atoms with E-state index in [4.69, 9.17) is 0 Å². The number of nitrogens with zero attached hydrogens (tertiary/aromatic N) is 4. The molecule has 0 radical (unpaired) electrons. The van der Waals surface area contributed by atoms with Gasteiger partial charge in [0.1, 0.15) is 5.75 Å². The molecule has 0 aliphatic rings. The maximum atomic E-state index is 10.00. The largest absolute Gasteiger partial charge is 0.507 e. The van der Waals surface area contributed by atoms with Crippen molar-refractivity contribution in [1.29, 1.82) is 0 Å². The lowest BCUT2D eigenvalue weighted by Gasteiger charge is -2.06. The molecule has 4 aromatic rings. The predicted octanol–water partition coefficient (Wildman–Crippen LogP) is 1.84. The van der Waals surface area contributed by atoms with Crippen LogP contribution in [0.5, 0.6) is 5.75 Å². The van der Waals surface area contributed by atoms with Crippen LogP contribution in [0.4, 0.5) is 0 Å². The molecule has 4 rings (SSSR count). The van der Waals surface area contributed by atoms with Gasteiger partial charge in [-0.05, 0) is 12.1 Å². The summed E-state index contributed by atoms with van der Waals surface area (Å²) in [6, 6.07) is 5.43. The summed E-state index contributed by atoms with van der Waals surface area (Å²) in [6.45, 7) is 0. The summed E-state index contributed by atoms with van der Waals surface area (Å²) < 4.78 is 3.80. The monoisotopic (exact) mass is 224 g/mol. The molecule has 0 spiro atoms. The Balaban J connectivity index is 2.51. The second-order valence-electron chi connectivity index (χ2n) is 3.89. The highest BCUT2D eigenvalue weighted by Crippen LogP contribution is 2.28. The molecule has 0 amide bonds. The Kier molecular flexibility index (Phi) is 1.39. The minimum absolute atomic E-state index is 0.231. The van der Waals surface area contributed by atoms with Gasteiger partial charge in [0.15, 0.2) is 5.65 Å². The Bertz CT molecular complexity index is 859. The Morgan fingerprint density at radius 2 is 1.82 bits per heavy atom. The number of hydrogen-bond acceptors (Lipinski definition) is 3. The molecule has 0 saturated carbocycles. The molecule has 82 valence electrons. The van der Waals surface area contributed by atoms with E-state index in [1.807, 2.05) is 33.3 Å². The number of hydrogen-bond donors (Lipinski definition) is 1. The quantitative estimate of drug-likeness (QED) is 0.496. The number of imidazole rings is 2. The molecular weight excluding hydrogens is 216 g/mol.